The molecule has 166 valence electrons. The Bertz CT molecular complexity index is 1270. The second kappa shape index (κ2) is 11.1. The van der Waals surface area contributed by atoms with Crippen molar-refractivity contribution in [2.45, 2.75) is 41.0 Å². The van der Waals surface area contributed by atoms with Gasteiger partial charge >= 0.3 is 0 Å². The molecule has 2 aromatic carbocycles. The zero-order valence-corrected chi connectivity index (χ0v) is 19.8. The van der Waals surface area contributed by atoms with Crippen molar-refractivity contribution < 1.29 is 4.39 Å². The van der Waals surface area contributed by atoms with E-state index in [1.807, 2.05) is 64.4 Å². The van der Waals surface area contributed by atoms with Gasteiger partial charge in [-0.05, 0) is 67.1 Å². The second-order valence-electron chi connectivity index (χ2n) is 7.78. The number of hydrogen-bond acceptors (Lipinski definition) is 3. The lowest BCUT2D eigenvalue weighted by Gasteiger charge is -2.09. The van der Waals surface area contributed by atoms with E-state index in [4.69, 9.17) is 10.4 Å². The Hall–Kier alpha value is -3.65. The van der Waals surface area contributed by atoms with Crippen molar-refractivity contribution in [3.8, 4) is 23.0 Å². The molecule has 32 heavy (non-hydrogen) atoms. The van der Waals surface area contributed by atoms with E-state index in [2.05, 4.69) is 25.7 Å². The van der Waals surface area contributed by atoms with Crippen LogP contribution in [-0.4, -0.2) is 16.8 Å². The maximum atomic E-state index is 14.3. The Morgan fingerprint density at radius 1 is 1.16 bits per heavy atom. The molecule has 0 atom stereocenters. The van der Waals surface area contributed by atoms with Gasteiger partial charge in [0.15, 0.2) is 0 Å². The average Bonchev–Trinajstić information content (AvgIpc) is 3.20. The summed E-state index contributed by atoms with van der Waals surface area (Å²) in [6.45, 7) is 14.4. The van der Waals surface area contributed by atoms with Crippen LogP contribution in [0.15, 0.2) is 48.0 Å². The lowest BCUT2D eigenvalue weighted by Crippen LogP contribution is -2.26. The van der Waals surface area contributed by atoms with Crippen molar-refractivity contribution in [2.75, 3.05) is 7.05 Å². The van der Waals surface area contributed by atoms with Gasteiger partial charge in [-0.25, -0.2) is 9.07 Å². The Morgan fingerprint density at radius 2 is 1.84 bits per heavy atom. The van der Waals surface area contributed by atoms with E-state index >= 15 is 0 Å². The van der Waals surface area contributed by atoms with Gasteiger partial charge in [-0.3, -0.25) is 0 Å². The monoisotopic (exact) mass is 430 g/mol. The maximum Gasteiger partial charge on any atom is 0.141 e. The first-order valence-corrected chi connectivity index (χ1v) is 10.7. The van der Waals surface area contributed by atoms with E-state index in [-0.39, 0.29) is 5.56 Å². The van der Waals surface area contributed by atoms with Crippen molar-refractivity contribution in [1.82, 2.24) is 15.1 Å². The number of nitrogens with one attached hydrogen (secondary N) is 1. The summed E-state index contributed by atoms with van der Waals surface area (Å²) in [5.74, 6) is -0.546. The van der Waals surface area contributed by atoms with E-state index in [0.29, 0.717) is 5.56 Å². The summed E-state index contributed by atoms with van der Waals surface area (Å²) in [5, 5.41) is 18.7. The van der Waals surface area contributed by atoms with Crippen LogP contribution in [0, 0.1) is 17.1 Å². The van der Waals surface area contributed by atoms with E-state index < -0.39 is 5.82 Å². The van der Waals surface area contributed by atoms with E-state index in [0.717, 1.165) is 38.7 Å². The maximum absolute atomic E-state index is 14.3. The highest BCUT2D eigenvalue weighted by molar-refractivity contribution is 5.71. The number of hydrogen-bond donors (Lipinski definition) is 1. The fourth-order valence-electron chi connectivity index (χ4n) is 2.99. The first-order chi connectivity index (χ1) is 15.3. The topological polar surface area (TPSA) is 53.6 Å². The zero-order valence-electron chi connectivity index (χ0n) is 19.8. The molecule has 3 rings (SSSR count). The van der Waals surface area contributed by atoms with Crippen LogP contribution in [0.2, 0.25) is 0 Å². The Kier molecular flexibility index (Phi) is 8.54. The number of halogens is 1. The molecule has 0 aliphatic rings. The predicted molar refractivity (Wildman–Crippen MR) is 132 cm³/mol. The molecule has 0 amide bonds. The minimum Gasteiger partial charge on any atom is -0.393 e. The fourth-order valence-corrected chi connectivity index (χ4v) is 2.99. The highest BCUT2D eigenvalue weighted by Gasteiger charge is 2.15. The Morgan fingerprint density at radius 3 is 2.41 bits per heavy atom. The molecule has 1 N–H and O–H groups in total. The SMILES string of the molecule is C=c1ccc(-n2nc(C(C)=C(C)C)cc2-c2ccc(C#N)c(F)c2)c/c1=C/NC.CCC. The third kappa shape index (κ3) is 5.53. The van der Waals surface area contributed by atoms with Gasteiger partial charge in [0.2, 0.25) is 0 Å². The molecule has 0 aliphatic carbocycles. The molecule has 0 spiro atoms. The Balaban J connectivity index is 0.00000114. The normalized spacial score (nSPS) is 10.8. The minimum absolute atomic E-state index is 0.0211. The van der Waals surface area contributed by atoms with Gasteiger partial charge in [-0.15, -0.1) is 0 Å². The van der Waals surface area contributed by atoms with E-state index in [1.165, 1.54) is 18.6 Å². The molecule has 0 saturated carbocycles. The minimum atomic E-state index is -0.546. The molecule has 5 heteroatoms. The largest absolute Gasteiger partial charge is 0.393 e. The van der Waals surface area contributed by atoms with Gasteiger partial charge in [0, 0.05) is 18.8 Å². The molecule has 3 aromatic rings. The van der Waals surface area contributed by atoms with Crippen molar-refractivity contribution in [3.05, 3.63) is 75.5 Å². The van der Waals surface area contributed by atoms with Gasteiger partial charge in [0.25, 0.3) is 0 Å². The fraction of sp³-hybridized carbons (Fsp3) is 0.259. The first kappa shape index (κ1) is 24.6. The summed E-state index contributed by atoms with van der Waals surface area (Å²) in [6, 6.07) is 14.3. The molecule has 0 aliphatic heterocycles. The zero-order chi connectivity index (χ0) is 23.8. The molecule has 4 nitrogen and oxygen atoms in total. The molecule has 0 radical (unpaired) electrons. The van der Waals surface area contributed by atoms with Crippen LogP contribution in [0.25, 0.3) is 35.3 Å². The number of allylic oxidation sites excluding steroid dienone is 2. The number of aromatic nitrogens is 2. The second-order valence-corrected chi connectivity index (χ2v) is 7.78. The van der Waals surface area contributed by atoms with E-state index in [1.54, 1.807) is 10.7 Å². The molecule has 0 saturated heterocycles. The van der Waals surface area contributed by atoms with Crippen LogP contribution in [0.1, 0.15) is 52.3 Å². The smallest absolute Gasteiger partial charge is 0.141 e. The quantitative estimate of drug-likeness (QED) is 0.623. The third-order valence-electron chi connectivity index (χ3n) is 4.90. The Labute approximate surface area is 190 Å². The molecule has 1 aromatic heterocycles. The summed E-state index contributed by atoms with van der Waals surface area (Å²) in [6.07, 6.45) is 3.12. The summed E-state index contributed by atoms with van der Waals surface area (Å²) in [5.41, 5.74) is 5.30. The lowest BCUT2D eigenvalue weighted by molar-refractivity contribution is 0.624. The van der Waals surface area contributed by atoms with Crippen LogP contribution >= 0.6 is 0 Å². The van der Waals surface area contributed by atoms with E-state index in [9.17, 15) is 4.39 Å². The van der Waals surface area contributed by atoms with Crippen molar-refractivity contribution in [3.63, 3.8) is 0 Å². The average molecular weight is 431 g/mol. The highest BCUT2D eigenvalue weighted by Crippen LogP contribution is 2.28. The van der Waals surface area contributed by atoms with Crippen molar-refractivity contribution in [1.29, 1.82) is 5.26 Å². The van der Waals surface area contributed by atoms with Gasteiger partial charge in [-0.1, -0.05) is 44.6 Å². The van der Waals surface area contributed by atoms with Crippen LogP contribution in [0.5, 0.6) is 0 Å². The van der Waals surface area contributed by atoms with Gasteiger partial charge in [-0.2, -0.15) is 10.4 Å². The molecule has 0 bridgehead atoms. The van der Waals surface area contributed by atoms with Crippen LogP contribution in [0.4, 0.5) is 4.39 Å². The van der Waals surface area contributed by atoms with Crippen molar-refractivity contribution in [2.24, 2.45) is 0 Å². The summed E-state index contributed by atoms with van der Waals surface area (Å²) < 4.78 is 16.1. The van der Waals surface area contributed by atoms with Crippen LogP contribution in [0.3, 0.4) is 0 Å². The molecule has 1 heterocycles. The lowest BCUT2D eigenvalue weighted by atomic mass is 10.1. The van der Waals surface area contributed by atoms with Crippen molar-refractivity contribution >= 4 is 18.4 Å². The summed E-state index contributed by atoms with van der Waals surface area (Å²) in [4.78, 5) is 0. The molecular formula is C27H31FN4. The predicted octanol–water partition coefficient (Wildman–Crippen LogP) is 5.15. The van der Waals surface area contributed by atoms with Gasteiger partial charge < -0.3 is 5.32 Å². The van der Waals surface area contributed by atoms with Crippen LogP contribution in [-0.2, 0) is 0 Å². The number of rotatable bonds is 4. The number of nitriles is 1. The van der Waals surface area contributed by atoms with Gasteiger partial charge in [0.05, 0.1) is 22.6 Å². The first-order valence-electron chi connectivity index (χ1n) is 10.7. The molecule has 0 unspecified atom stereocenters. The van der Waals surface area contributed by atoms with Gasteiger partial charge in [0.1, 0.15) is 11.9 Å². The summed E-state index contributed by atoms with van der Waals surface area (Å²) in [7, 11) is 1.83. The third-order valence-corrected chi connectivity index (χ3v) is 4.90. The highest BCUT2D eigenvalue weighted by atomic mass is 19.1. The number of benzene rings is 2. The number of nitrogens with zero attached hydrogens (tertiary/aromatic N) is 3. The summed E-state index contributed by atoms with van der Waals surface area (Å²) >= 11 is 0. The molecular weight excluding hydrogens is 399 g/mol. The molecule has 0 fully saturated rings. The standard InChI is InChI=1S/C24H23FN4.C3H8/c1-15(2)17(4)23-12-24(18-7-8-19(13-26)22(25)11-18)29(28-23)21-9-6-16(3)20(10-21)14-27-5;1-3-2/h6-12,14,27H,3H2,1-2,4-5H3;3H2,1-2H3/b20-14-;. The van der Waals surface area contributed by atoms with Crippen LogP contribution < -0.4 is 15.8 Å².